The van der Waals surface area contributed by atoms with Gasteiger partial charge in [0, 0.05) is 43.3 Å². The fraction of sp³-hybridized carbons (Fsp3) is 0.706. The third-order valence-corrected chi connectivity index (χ3v) is 7.36. The molecule has 0 saturated carbocycles. The summed E-state index contributed by atoms with van der Waals surface area (Å²) in [5, 5.41) is 0. The lowest BCUT2D eigenvalue weighted by atomic mass is 9.74. The van der Waals surface area contributed by atoms with Crippen LogP contribution in [-0.4, -0.2) is 68.5 Å². The first-order chi connectivity index (χ1) is 11.9. The second-order valence-electron chi connectivity index (χ2n) is 8.93. The van der Waals surface area contributed by atoms with Gasteiger partial charge in [-0.25, -0.2) is 17.7 Å². The summed E-state index contributed by atoms with van der Waals surface area (Å²) in [6.45, 7) is 11.1. The van der Waals surface area contributed by atoms with Crippen molar-refractivity contribution in [1.29, 1.82) is 0 Å². The van der Waals surface area contributed by atoms with E-state index in [1.54, 1.807) is 4.31 Å². The Hall–Kier alpha value is -1.16. The van der Waals surface area contributed by atoms with Gasteiger partial charge >= 0.3 is 7.12 Å². The van der Waals surface area contributed by atoms with Gasteiger partial charge in [-0.1, -0.05) is 6.07 Å². The topological polar surface area (TPSA) is 72.0 Å². The summed E-state index contributed by atoms with van der Waals surface area (Å²) in [5.41, 5.74) is 0.288. The minimum atomic E-state index is -3.06. The molecule has 4 rings (SSSR count). The standard InChI is InChI=1S/C17H26BN3O4S/c1-15(2)16(3,4)25-18(24-15)13-6-7-14(19-8-13)20-9-17(10-20)11-21(12-17)26(5,22)23/h6-8H,9-12H2,1-5H3. The van der Waals surface area contributed by atoms with Gasteiger partial charge in [0.15, 0.2) is 0 Å². The molecule has 0 unspecified atom stereocenters. The summed E-state index contributed by atoms with van der Waals surface area (Å²) in [6.07, 6.45) is 3.08. The van der Waals surface area contributed by atoms with Gasteiger partial charge in [0.1, 0.15) is 5.82 Å². The van der Waals surface area contributed by atoms with Crippen LogP contribution < -0.4 is 10.4 Å². The third kappa shape index (κ3) is 2.85. The van der Waals surface area contributed by atoms with E-state index >= 15 is 0 Å². The quantitative estimate of drug-likeness (QED) is 0.711. The normalized spacial score (nSPS) is 26.7. The van der Waals surface area contributed by atoms with Gasteiger partial charge in [-0.2, -0.15) is 0 Å². The highest BCUT2D eigenvalue weighted by molar-refractivity contribution is 7.88. The number of anilines is 1. The van der Waals surface area contributed by atoms with E-state index in [1.165, 1.54) is 6.26 Å². The molecule has 0 amide bonds. The zero-order valence-electron chi connectivity index (χ0n) is 16.0. The first-order valence-corrected chi connectivity index (χ1v) is 10.8. The summed E-state index contributed by atoms with van der Waals surface area (Å²) >= 11 is 0. The van der Waals surface area contributed by atoms with Crippen molar-refractivity contribution in [1.82, 2.24) is 9.29 Å². The van der Waals surface area contributed by atoms with Crippen molar-refractivity contribution in [3.8, 4) is 0 Å². The molecule has 3 fully saturated rings. The van der Waals surface area contributed by atoms with Crippen LogP contribution in [0.5, 0.6) is 0 Å². The van der Waals surface area contributed by atoms with Crippen molar-refractivity contribution in [3.63, 3.8) is 0 Å². The van der Waals surface area contributed by atoms with Crippen LogP contribution in [0.2, 0.25) is 0 Å². The second-order valence-corrected chi connectivity index (χ2v) is 10.9. The van der Waals surface area contributed by atoms with Gasteiger partial charge in [-0.05, 0) is 33.8 Å². The molecular formula is C17H26BN3O4S. The Morgan fingerprint density at radius 1 is 1.04 bits per heavy atom. The molecule has 0 atom stereocenters. The monoisotopic (exact) mass is 379 g/mol. The smallest absolute Gasteiger partial charge is 0.399 e. The predicted molar refractivity (Wildman–Crippen MR) is 101 cm³/mol. The van der Waals surface area contributed by atoms with E-state index in [2.05, 4.69) is 9.88 Å². The van der Waals surface area contributed by atoms with Gasteiger partial charge in [0.05, 0.1) is 17.5 Å². The Morgan fingerprint density at radius 2 is 1.62 bits per heavy atom. The summed E-state index contributed by atoms with van der Waals surface area (Å²) in [5.74, 6) is 0.911. The lowest BCUT2D eigenvalue weighted by Crippen LogP contribution is -2.73. The van der Waals surface area contributed by atoms with E-state index in [-0.39, 0.29) is 16.6 Å². The minimum absolute atomic E-state index is 0.106. The van der Waals surface area contributed by atoms with Crippen LogP contribution >= 0.6 is 0 Å². The van der Waals surface area contributed by atoms with Crippen molar-refractivity contribution in [2.75, 3.05) is 37.3 Å². The average molecular weight is 379 g/mol. The van der Waals surface area contributed by atoms with Crippen LogP contribution in [0.4, 0.5) is 5.82 Å². The number of hydrogen-bond acceptors (Lipinski definition) is 6. The minimum Gasteiger partial charge on any atom is -0.399 e. The highest BCUT2D eigenvalue weighted by Crippen LogP contribution is 2.42. The van der Waals surface area contributed by atoms with Gasteiger partial charge in [-0.3, -0.25) is 0 Å². The van der Waals surface area contributed by atoms with E-state index in [1.807, 2.05) is 46.0 Å². The first-order valence-electron chi connectivity index (χ1n) is 8.93. The Balaban J connectivity index is 1.37. The molecule has 26 heavy (non-hydrogen) atoms. The Morgan fingerprint density at radius 3 is 2.08 bits per heavy atom. The molecule has 0 radical (unpaired) electrons. The summed E-state index contributed by atoms with van der Waals surface area (Å²) in [7, 11) is -3.46. The van der Waals surface area contributed by atoms with Gasteiger partial charge in [0.2, 0.25) is 10.0 Å². The van der Waals surface area contributed by atoms with Gasteiger partial charge in [0.25, 0.3) is 0 Å². The van der Waals surface area contributed by atoms with Crippen LogP contribution in [0.25, 0.3) is 0 Å². The molecule has 1 spiro atoms. The van der Waals surface area contributed by atoms with Crippen molar-refractivity contribution in [3.05, 3.63) is 18.3 Å². The number of sulfonamides is 1. The molecule has 3 aliphatic heterocycles. The molecule has 1 aromatic rings. The van der Waals surface area contributed by atoms with E-state index in [9.17, 15) is 8.42 Å². The highest BCUT2D eigenvalue weighted by Gasteiger charge is 2.55. The third-order valence-electron chi connectivity index (χ3n) is 6.17. The van der Waals surface area contributed by atoms with Crippen molar-refractivity contribution in [2.24, 2.45) is 5.41 Å². The van der Waals surface area contributed by atoms with E-state index in [0.717, 1.165) is 24.4 Å². The Kier molecular flexibility index (Phi) is 3.81. The molecule has 9 heteroatoms. The van der Waals surface area contributed by atoms with E-state index < -0.39 is 17.1 Å². The summed E-state index contributed by atoms with van der Waals surface area (Å²) in [6, 6.07) is 3.99. The van der Waals surface area contributed by atoms with Crippen LogP contribution in [0.1, 0.15) is 27.7 Å². The molecule has 3 aliphatic rings. The zero-order chi connectivity index (χ0) is 19.0. The molecule has 3 saturated heterocycles. The zero-order valence-corrected chi connectivity index (χ0v) is 16.8. The van der Waals surface area contributed by atoms with Gasteiger partial charge in [-0.15, -0.1) is 0 Å². The maximum Gasteiger partial charge on any atom is 0.496 e. The summed E-state index contributed by atoms with van der Waals surface area (Å²) in [4.78, 5) is 6.75. The number of nitrogens with zero attached hydrogens (tertiary/aromatic N) is 3. The highest BCUT2D eigenvalue weighted by atomic mass is 32.2. The van der Waals surface area contributed by atoms with E-state index in [4.69, 9.17) is 9.31 Å². The van der Waals surface area contributed by atoms with Crippen LogP contribution in [0, 0.1) is 5.41 Å². The molecule has 0 aliphatic carbocycles. The Labute approximate surface area is 155 Å². The molecular weight excluding hydrogens is 353 g/mol. The van der Waals surface area contributed by atoms with Crippen molar-refractivity contribution < 1.29 is 17.7 Å². The number of hydrogen-bond donors (Lipinski definition) is 0. The van der Waals surface area contributed by atoms with Crippen LogP contribution in [0.15, 0.2) is 18.3 Å². The Bertz CT molecular complexity index is 795. The lowest BCUT2D eigenvalue weighted by molar-refractivity contribution is 0.00578. The molecule has 0 aromatic carbocycles. The number of aromatic nitrogens is 1. The molecule has 1 aromatic heterocycles. The molecule has 7 nitrogen and oxygen atoms in total. The fourth-order valence-corrected chi connectivity index (χ4v) is 4.78. The van der Waals surface area contributed by atoms with Crippen molar-refractivity contribution in [2.45, 2.75) is 38.9 Å². The molecule has 4 heterocycles. The predicted octanol–water partition coefficient (Wildman–Crippen LogP) is 0.462. The lowest BCUT2D eigenvalue weighted by Gasteiger charge is -2.59. The fourth-order valence-electron chi connectivity index (χ4n) is 3.76. The largest absolute Gasteiger partial charge is 0.496 e. The van der Waals surface area contributed by atoms with Gasteiger partial charge < -0.3 is 14.2 Å². The number of rotatable bonds is 3. The van der Waals surface area contributed by atoms with Crippen molar-refractivity contribution >= 4 is 28.4 Å². The molecule has 0 N–H and O–H groups in total. The second kappa shape index (κ2) is 5.44. The maximum atomic E-state index is 11.5. The SMILES string of the molecule is CC1(C)OB(c2ccc(N3CC4(C3)CN(S(C)(=O)=O)C4)nc2)OC1(C)C. The summed E-state index contributed by atoms with van der Waals surface area (Å²) < 4.78 is 36.7. The molecule has 142 valence electrons. The first kappa shape index (κ1) is 18.2. The van der Waals surface area contributed by atoms with Crippen LogP contribution in [-0.2, 0) is 19.3 Å². The van der Waals surface area contributed by atoms with Crippen LogP contribution in [0.3, 0.4) is 0 Å². The maximum absolute atomic E-state index is 11.5. The molecule has 0 bridgehead atoms. The van der Waals surface area contributed by atoms with E-state index in [0.29, 0.717) is 13.1 Å². The number of pyridine rings is 1. The average Bonchev–Trinajstić information content (AvgIpc) is 2.63.